The van der Waals surface area contributed by atoms with E-state index in [1.807, 2.05) is 6.92 Å². The molecule has 3 heteroatoms. The van der Waals surface area contributed by atoms with Crippen molar-refractivity contribution >= 4 is 10.9 Å². The first-order chi connectivity index (χ1) is 9.56. The van der Waals surface area contributed by atoms with E-state index in [0.717, 1.165) is 30.8 Å². The van der Waals surface area contributed by atoms with Gasteiger partial charge in [-0.05, 0) is 51.6 Å². The van der Waals surface area contributed by atoms with Gasteiger partial charge in [0.2, 0.25) is 0 Å². The fourth-order valence-corrected chi connectivity index (χ4v) is 2.13. The smallest absolute Gasteiger partial charge is 0.0705 e. The lowest BCUT2D eigenvalue weighted by atomic mass is 10.1. The Labute approximate surface area is 122 Å². The molecular formula is C17H25N3. The fourth-order valence-electron chi connectivity index (χ4n) is 2.13. The Morgan fingerprint density at radius 3 is 2.75 bits per heavy atom. The zero-order chi connectivity index (χ0) is 14.5. The topological polar surface area (TPSA) is 28.2 Å². The first kappa shape index (κ1) is 14.9. The minimum atomic E-state index is 0.604. The van der Waals surface area contributed by atoms with Crippen LogP contribution in [0.5, 0.6) is 0 Å². The second-order valence-corrected chi connectivity index (χ2v) is 5.73. The largest absolute Gasteiger partial charge is 0.311 e. The standard InChI is InChI=1S/C17H25N3/c1-13(2)20(4)10-9-18-12-15-6-8-17-16(11-15)7-5-14(3)19-17/h5-8,11,13,18H,9-10,12H2,1-4H3. The van der Waals surface area contributed by atoms with Crippen molar-refractivity contribution in [3.8, 4) is 0 Å². The normalized spacial score (nSPS) is 11.7. The molecule has 0 bridgehead atoms. The molecule has 0 spiro atoms. The summed E-state index contributed by atoms with van der Waals surface area (Å²) in [5.41, 5.74) is 3.46. The van der Waals surface area contributed by atoms with Gasteiger partial charge in [0.05, 0.1) is 5.52 Å². The predicted octanol–water partition coefficient (Wildman–Crippen LogP) is 2.97. The third-order valence-corrected chi connectivity index (χ3v) is 3.74. The summed E-state index contributed by atoms with van der Waals surface area (Å²) >= 11 is 0. The third kappa shape index (κ3) is 4.02. The number of rotatable bonds is 6. The zero-order valence-corrected chi connectivity index (χ0v) is 13.0. The summed E-state index contributed by atoms with van der Waals surface area (Å²) in [5.74, 6) is 0. The van der Waals surface area contributed by atoms with Crippen molar-refractivity contribution in [2.75, 3.05) is 20.1 Å². The van der Waals surface area contributed by atoms with Crippen LogP contribution in [0.4, 0.5) is 0 Å². The summed E-state index contributed by atoms with van der Waals surface area (Å²) in [6.45, 7) is 9.47. The molecule has 3 nitrogen and oxygen atoms in total. The number of hydrogen-bond acceptors (Lipinski definition) is 3. The van der Waals surface area contributed by atoms with Gasteiger partial charge in [-0.3, -0.25) is 4.98 Å². The number of likely N-dealkylation sites (N-methyl/N-ethyl adjacent to an activating group) is 1. The maximum Gasteiger partial charge on any atom is 0.0705 e. The molecule has 0 fully saturated rings. The molecule has 0 saturated heterocycles. The van der Waals surface area contributed by atoms with E-state index >= 15 is 0 Å². The number of pyridine rings is 1. The average Bonchev–Trinajstić information content (AvgIpc) is 2.43. The Balaban J connectivity index is 1.89. The molecule has 0 aliphatic heterocycles. The molecule has 0 radical (unpaired) electrons. The average molecular weight is 271 g/mol. The van der Waals surface area contributed by atoms with Crippen LogP contribution in [0.2, 0.25) is 0 Å². The number of aryl methyl sites for hydroxylation is 1. The minimum absolute atomic E-state index is 0.604. The molecule has 0 aliphatic rings. The maximum atomic E-state index is 4.53. The Morgan fingerprint density at radius 1 is 1.20 bits per heavy atom. The number of hydrogen-bond donors (Lipinski definition) is 1. The number of nitrogens with one attached hydrogen (secondary N) is 1. The summed E-state index contributed by atoms with van der Waals surface area (Å²) in [4.78, 5) is 6.88. The van der Waals surface area contributed by atoms with Gasteiger partial charge in [0.15, 0.2) is 0 Å². The van der Waals surface area contributed by atoms with Crippen LogP contribution in [0.3, 0.4) is 0 Å². The number of benzene rings is 1. The minimum Gasteiger partial charge on any atom is -0.311 e. The molecule has 1 aromatic heterocycles. The van der Waals surface area contributed by atoms with Crippen molar-refractivity contribution in [1.29, 1.82) is 0 Å². The third-order valence-electron chi connectivity index (χ3n) is 3.74. The SMILES string of the molecule is Cc1ccc2cc(CNCCN(C)C(C)C)ccc2n1. The molecule has 0 aliphatic carbocycles. The van der Waals surface area contributed by atoms with E-state index < -0.39 is 0 Å². The Morgan fingerprint density at radius 2 is 2.00 bits per heavy atom. The van der Waals surface area contributed by atoms with Crippen molar-refractivity contribution in [3.05, 3.63) is 41.6 Å². The summed E-state index contributed by atoms with van der Waals surface area (Å²) in [7, 11) is 2.16. The van der Waals surface area contributed by atoms with Crippen molar-refractivity contribution in [1.82, 2.24) is 15.2 Å². The van der Waals surface area contributed by atoms with Crippen LogP contribution >= 0.6 is 0 Å². The summed E-state index contributed by atoms with van der Waals surface area (Å²) in [6, 6.07) is 11.3. The number of fused-ring (bicyclic) bond motifs is 1. The van der Waals surface area contributed by atoms with Crippen LogP contribution in [-0.4, -0.2) is 36.1 Å². The van der Waals surface area contributed by atoms with E-state index in [0.29, 0.717) is 6.04 Å². The van der Waals surface area contributed by atoms with E-state index in [1.165, 1.54) is 10.9 Å². The monoisotopic (exact) mass is 271 g/mol. The fraction of sp³-hybridized carbons (Fsp3) is 0.471. The van der Waals surface area contributed by atoms with E-state index in [9.17, 15) is 0 Å². The highest BCUT2D eigenvalue weighted by atomic mass is 15.1. The highest BCUT2D eigenvalue weighted by molar-refractivity contribution is 5.79. The summed E-state index contributed by atoms with van der Waals surface area (Å²) in [5, 5.41) is 4.72. The zero-order valence-electron chi connectivity index (χ0n) is 13.0. The van der Waals surface area contributed by atoms with Crippen LogP contribution in [-0.2, 0) is 6.54 Å². The Bertz CT molecular complexity index is 563. The van der Waals surface area contributed by atoms with Crippen molar-refractivity contribution < 1.29 is 0 Å². The van der Waals surface area contributed by atoms with E-state index in [-0.39, 0.29) is 0 Å². The molecule has 0 amide bonds. The van der Waals surface area contributed by atoms with Crippen LogP contribution in [0.15, 0.2) is 30.3 Å². The maximum absolute atomic E-state index is 4.53. The van der Waals surface area contributed by atoms with Gasteiger partial charge in [-0.1, -0.05) is 12.1 Å². The Kier molecular flexibility index (Phi) is 5.10. The van der Waals surface area contributed by atoms with E-state index in [1.54, 1.807) is 0 Å². The van der Waals surface area contributed by atoms with Crippen molar-refractivity contribution in [3.63, 3.8) is 0 Å². The molecule has 1 N–H and O–H groups in total. The Hall–Kier alpha value is -1.45. The molecule has 0 atom stereocenters. The van der Waals surface area contributed by atoms with Crippen LogP contribution < -0.4 is 5.32 Å². The molecule has 1 aromatic carbocycles. The van der Waals surface area contributed by atoms with Gasteiger partial charge in [-0.25, -0.2) is 0 Å². The summed E-state index contributed by atoms with van der Waals surface area (Å²) < 4.78 is 0. The van der Waals surface area contributed by atoms with E-state index in [2.05, 4.69) is 66.4 Å². The predicted molar refractivity (Wildman–Crippen MR) is 86.0 cm³/mol. The van der Waals surface area contributed by atoms with Gasteiger partial charge in [0.25, 0.3) is 0 Å². The number of aromatic nitrogens is 1. The molecule has 20 heavy (non-hydrogen) atoms. The highest BCUT2D eigenvalue weighted by Crippen LogP contribution is 2.14. The second-order valence-electron chi connectivity index (χ2n) is 5.73. The lowest BCUT2D eigenvalue weighted by Crippen LogP contribution is -2.33. The van der Waals surface area contributed by atoms with Crippen LogP contribution in [0, 0.1) is 6.92 Å². The lowest BCUT2D eigenvalue weighted by molar-refractivity contribution is 0.273. The molecule has 0 unspecified atom stereocenters. The molecule has 1 heterocycles. The van der Waals surface area contributed by atoms with Crippen LogP contribution in [0.1, 0.15) is 25.1 Å². The van der Waals surface area contributed by atoms with Gasteiger partial charge in [0, 0.05) is 36.8 Å². The van der Waals surface area contributed by atoms with Crippen molar-refractivity contribution in [2.45, 2.75) is 33.4 Å². The van der Waals surface area contributed by atoms with Gasteiger partial charge < -0.3 is 10.2 Å². The highest BCUT2D eigenvalue weighted by Gasteiger charge is 2.02. The molecule has 108 valence electrons. The first-order valence-corrected chi connectivity index (χ1v) is 7.33. The summed E-state index contributed by atoms with van der Waals surface area (Å²) in [6.07, 6.45) is 0. The van der Waals surface area contributed by atoms with Crippen molar-refractivity contribution in [2.24, 2.45) is 0 Å². The molecule has 0 saturated carbocycles. The van der Waals surface area contributed by atoms with E-state index in [4.69, 9.17) is 0 Å². The molecular weight excluding hydrogens is 246 g/mol. The lowest BCUT2D eigenvalue weighted by Gasteiger charge is -2.20. The quantitative estimate of drug-likeness (QED) is 0.819. The van der Waals surface area contributed by atoms with Crippen LogP contribution in [0.25, 0.3) is 10.9 Å². The van der Waals surface area contributed by atoms with Gasteiger partial charge in [-0.15, -0.1) is 0 Å². The molecule has 2 aromatic rings. The first-order valence-electron chi connectivity index (χ1n) is 7.33. The second kappa shape index (κ2) is 6.82. The molecule has 2 rings (SSSR count). The number of nitrogens with zero attached hydrogens (tertiary/aromatic N) is 2. The van der Waals surface area contributed by atoms with Gasteiger partial charge in [-0.2, -0.15) is 0 Å². The van der Waals surface area contributed by atoms with Gasteiger partial charge in [0.1, 0.15) is 0 Å². The van der Waals surface area contributed by atoms with Gasteiger partial charge >= 0.3 is 0 Å².